The van der Waals surface area contributed by atoms with E-state index >= 15 is 0 Å². The number of anilines is 1. The zero-order chi connectivity index (χ0) is 13.5. The summed E-state index contributed by atoms with van der Waals surface area (Å²) in [5.41, 5.74) is 0.764. The first-order chi connectivity index (χ1) is 9.18. The Labute approximate surface area is 112 Å². The highest BCUT2D eigenvalue weighted by Crippen LogP contribution is 2.46. The SMILES string of the molecule is COc1ccc2c(c1)[C@@]1(OCCC=C[C@H]1C)C(=O)N2. The second-order valence-electron chi connectivity index (χ2n) is 4.96. The van der Waals surface area contributed by atoms with Gasteiger partial charge < -0.3 is 14.8 Å². The van der Waals surface area contributed by atoms with Gasteiger partial charge in [-0.05, 0) is 24.6 Å². The Bertz CT molecular complexity index is 552. The number of methoxy groups -OCH3 is 1. The fourth-order valence-electron chi connectivity index (χ4n) is 2.85. The van der Waals surface area contributed by atoms with Gasteiger partial charge in [0.2, 0.25) is 0 Å². The van der Waals surface area contributed by atoms with E-state index in [1.54, 1.807) is 7.11 Å². The van der Waals surface area contributed by atoms with Crippen molar-refractivity contribution in [3.63, 3.8) is 0 Å². The summed E-state index contributed by atoms with van der Waals surface area (Å²) in [6, 6.07) is 5.60. The van der Waals surface area contributed by atoms with Crippen molar-refractivity contribution >= 4 is 11.6 Å². The minimum Gasteiger partial charge on any atom is -0.497 e. The number of hydrogen-bond acceptors (Lipinski definition) is 3. The lowest BCUT2D eigenvalue weighted by molar-refractivity contribution is -0.145. The van der Waals surface area contributed by atoms with Crippen LogP contribution in [0.15, 0.2) is 30.4 Å². The first kappa shape index (κ1) is 12.2. The monoisotopic (exact) mass is 259 g/mol. The molecule has 1 aromatic rings. The van der Waals surface area contributed by atoms with Gasteiger partial charge in [0, 0.05) is 17.2 Å². The third-order valence-electron chi connectivity index (χ3n) is 3.89. The molecule has 0 unspecified atom stereocenters. The summed E-state index contributed by atoms with van der Waals surface area (Å²) in [4.78, 5) is 12.5. The van der Waals surface area contributed by atoms with Crippen molar-refractivity contribution in [3.8, 4) is 5.75 Å². The normalized spacial score (nSPS) is 28.9. The summed E-state index contributed by atoms with van der Waals surface area (Å²) in [6.45, 7) is 2.56. The summed E-state index contributed by atoms with van der Waals surface area (Å²) >= 11 is 0. The molecule has 2 atom stereocenters. The van der Waals surface area contributed by atoms with Gasteiger partial charge in [-0.3, -0.25) is 4.79 Å². The summed E-state index contributed by atoms with van der Waals surface area (Å²) in [7, 11) is 1.62. The molecule has 0 saturated carbocycles. The molecule has 2 aliphatic rings. The molecule has 100 valence electrons. The van der Waals surface area contributed by atoms with Crippen molar-refractivity contribution in [2.75, 3.05) is 19.0 Å². The molecule has 0 fully saturated rings. The van der Waals surface area contributed by atoms with Gasteiger partial charge in [0.1, 0.15) is 5.75 Å². The van der Waals surface area contributed by atoms with Gasteiger partial charge in [-0.1, -0.05) is 19.1 Å². The minimum atomic E-state index is -0.920. The van der Waals surface area contributed by atoms with Crippen LogP contribution in [0.3, 0.4) is 0 Å². The Balaban J connectivity index is 2.17. The maximum absolute atomic E-state index is 12.5. The van der Waals surface area contributed by atoms with Gasteiger partial charge in [0.05, 0.1) is 13.7 Å². The number of amides is 1. The third kappa shape index (κ3) is 1.67. The number of hydrogen-bond donors (Lipinski definition) is 1. The first-order valence-electron chi connectivity index (χ1n) is 6.49. The second kappa shape index (κ2) is 4.38. The van der Waals surface area contributed by atoms with Crippen LogP contribution in [0.25, 0.3) is 0 Å². The minimum absolute atomic E-state index is 0.0108. The van der Waals surface area contributed by atoms with Gasteiger partial charge in [-0.25, -0.2) is 0 Å². The van der Waals surface area contributed by atoms with Crippen LogP contribution in [0.2, 0.25) is 0 Å². The van der Waals surface area contributed by atoms with Crippen LogP contribution in [0, 0.1) is 5.92 Å². The summed E-state index contributed by atoms with van der Waals surface area (Å²) in [6.07, 6.45) is 4.96. The number of rotatable bonds is 1. The number of ether oxygens (including phenoxy) is 2. The van der Waals surface area contributed by atoms with Gasteiger partial charge in [-0.15, -0.1) is 0 Å². The highest BCUT2D eigenvalue weighted by atomic mass is 16.5. The van der Waals surface area contributed by atoms with Crippen molar-refractivity contribution in [2.45, 2.75) is 18.9 Å². The fourth-order valence-corrected chi connectivity index (χ4v) is 2.85. The van der Waals surface area contributed by atoms with Crippen LogP contribution in [0.1, 0.15) is 18.9 Å². The van der Waals surface area contributed by atoms with Crippen LogP contribution >= 0.6 is 0 Å². The molecule has 2 aliphatic heterocycles. The van der Waals surface area contributed by atoms with Crippen molar-refractivity contribution < 1.29 is 14.3 Å². The molecular weight excluding hydrogens is 242 g/mol. The molecule has 3 rings (SSSR count). The lowest BCUT2D eigenvalue weighted by Gasteiger charge is -2.31. The molecule has 19 heavy (non-hydrogen) atoms. The molecule has 2 heterocycles. The standard InChI is InChI=1S/C15H17NO3/c1-10-5-3-4-8-19-15(10)12-9-11(18-2)6-7-13(12)16-14(15)17/h3,5-7,9-10H,4,8H2,1-2H3,(H,16,17)/t10-,15-/m1/s1. The highest BCUT2D eigenvalue weighted by Gasteiger charge is 2.51. The number of carbonyl (C=O) groups excluding carboxylic acids is 1. The lowest BCUT2D eigenvalue weighted by Crippen LogP contribution is -2.42. The van der Waals surface area contributed by atoms with E-state index in [0.29, 0.717) is 6.61 Å². The Morgan fingerprint density at radius 1 is 1.47 bits per heavy atom. The molecular formula is C15H17NO3. The predicted molar refractivity (Wildman–Crippen MR) is 72.2 cm³/mol. The molecule has 4 heteroatoms. The molecule has 1 amide bonds. The molecule has 0 aliphatic carbocycles. The predicted octanol–water partition coefficient (Wildman–Crippen LogP) is 2.46. The lowest BCUT2D eigenvalue weighted by atomic mass is 9.83. The fraction of sp³-hybridized carbons (Fsp3) is 0.400. The molecule has 4 nitrogen and oxygen atoms in total. The summed E-state index contributed by atoms with van der Waals surface area (Å²) in [5, 5.41) is 2.91. The molecule has 1 spiro atoms. The zero-order valence-corrected chi connectivity index (χ0v) is 11.1. The zero-order valence-electron chi connectivity index (χ0n) is 11.1. The van der Waals surface area contributed by atoms with Crippen LogP contribution in [0.4, 0.5) is 5.69 Å². The first-order valence-corrected chi connectivity index (χ1v) is 6.49. The van der Waals surface area contributed by atoms with Crippen LogP contribution in [-0.2, 0) is 15.1 Å². The number of fused-ring (bicyclic) bond motifs is 2. The molecule has 0 aromatic heterocycles. The summed E-state index contributed by atoms with van der Waals surface area (Å²) in [5.74, 6) is 0.636. The van der Waals surface area contributed by atoms with E-state index in [1.165, 1.54) is 0 Å². The number of carbonyl (C=O) groups is 1. The van der Waals surface area contributed by atoms with E-state index in [2.05, 4.69) is 17.5 Å². The van der Waals surface area contributed by atoms with E-state index < -0.39 is 5.60 Å². The Kier molecular flexibility index (Phi) is 2.82. The Morgan fingerprint density at radius 3 is 3.11 bits per heavy atom. The van der Waals surface area contributed by atoms with Gasteiger partial charge in [0.15, 0.2) is 5.60 Å². The Hall–Kier alpha value is -1.81. The average Bonchev–Trinajstić information content (AvgIpc) is 2.56. The average molecular weight is 259 g/mol. The quantitative estimate of drug-likeness (QED) is 0.788. The molecule has 0 radical (unpaired) electrons. The maximum Gasteiger partial charge on any atom is 0.261 e. The van der Waals surface area contributed by atoms with Crippen LogP contribution in [-0.4, -0.2) is 19.6 Å². The van der Waals surface area contributed by atoms with Crippen molar-refractivity contribution in [1.29, 1.82) is 0 Å². The van der Waals surface area contributed by atoms with Gasteiger partial charge >= 0.3 is 0 Å². The molecule has 0 saturated heterocycles. The molecule has 1 aromatic carbocycles. The van der Waals surface area contributed by atoms with E-state index in [0.717, 1.165) is 23.4 Å². The summed E-state index contributed by atoms with van der Waals surface area (Å²) < 4.78 is 11.2. The van der Waals surface area contributed by atoms with Crippen molar-refractivity contribution in [3.05, 3.63) is 35.9 Å². The largest absolute Gasteiger partial charge is 0.497 e. The molecule has 0 bridgehead atoms. The highest BCUT2D eigenvalue weighted by molar-refractivity contribution is 6.05. The topological polar surface area (TPSA) is 47.6 Å². The van der Waals surface area contributed by atoms with Crippen molar-refractivity contribution in [2.24, 2.45) is 5.92 Å². The van der Waals surface area contributed by atoms with E-state index in [-0.39, 0.29) is 11.8 Å². The third-order valence-corrected chi connectivity index (χ3v) is 3.89. The van der Waals surface area contributed by atoms with Crippen LogP contribution < -0.4 is 10.1 Å². The van der Waals surface area contributed by atoms with Gasteiger partial charge in [0.25, 0.3) is 5.91 Å². The molecule has 1 N–H and O–H groups in total. The number of nitrogens with one attached hydrogen (secondary N) is 1. The van der Waals surface area contributed by atoms with E-state index in [4.69, 9.17) is 9.47 Å². The Morgan fingerprint density at radius 2 is 2.32 bits per heavy atom. The smallest absolute Gasteiger partial charge is 0.261 e. The van der Waals surface area contributed by atoms with Crippen molar-refractivity contribution in [1.82, 2.24) is 0 Å². The maximum atomic E-state index is 12.5. The second-order valence-corrected chi connectivity index (χ2v) is 4.96. The van der Waals surface area contributed by atoms with E-state index in [9.17, 15) is 4.79 Å². The van der Waals surface area contributed by atoms with Crippen LogP contribution in [0.5, 0.6) is 5.75 Å². The number of benzene rings is 1. The van der Waals surface area contributed by atoms with Gasteiger partial charge in [-0.2, -0.15) is 0 Å². The van der Waals surface area contributed by atoms with E-state index in [1.807, 2.05) is 25.1 Å².